The number of aryl methyl sites for hydroxylation is 1. The third-order valence-corrected chi connectivity index (χ3v) is 2.74. The van der Waals surface area contributed by atoms with Crippen molar-refractivity contribution >= 4 is 28.8 Å². The van der Waals surface area contributed by atoms with Crippen LogP contribution in [-0.2, 0) is 4.79 Å². The molecule has 0 heterocycles. The van der Waals surface area contributed by atoms with Crippen LogP contribution in [0.15, 0.2) is 24.3 Å². The number of thiocarbonyl (C=S) groups is 1. The number of carbonyl (C=O) groups is 1. The number of para-hydroxylation sites is 1. The SMILES string of the molecule is CCN(CC(=O)Nc1ccccc1C)CC(N)=S. The molecule has 0 atom stereocenters. The van der Waals surface area contributed by atoms with Crippen molar-refractivity contribution < 1.29 is 4.79 Å². The third-order valence-electron chi connectivity index (χ3n) is 2.61. The molecule has 0 aromatic heterocycles. The van der Waals surface area contributed by atoms with Crippen LogP contribution in [0.3, 0.4) is 0 Å². The number of benzene rings is 1. The van der Waals surface area contributed by atoms with Gasteiger partial charge in [-0.15, -0.1) is 0 Å². The summed E-state index contributed by atoms with van der Waals surface area (Å²) in [4.78, 5) is 14.2. The van der Waals surface area contributed by atoms with Crippen LogP contribution in [0, 0.1) is 6.92 Å². The lowest BCUT2D eigenvalue weighted by molar-refractivity contribution is -0.117. The van der Waals surface area contributed by atoms with Gasteiger partial charge in [0, 0.05) is 12.2 Å². The van der Waals surface area contributed by atoms with Gasteiger partial charge in [0.05, 0.1) is 11.5 Å². The van der Waals surface area contributed by atoms with Crippen molar-refractivity contribution in [1.82, 2.24) is 4.90 Å². The quantitative estimate of drug-likeness (QED) is 0.766. The first-order chi connectivity index (χ1) is 8.52. The van der Waals surface area contributed by atoms with E-state index in [1.165, 1.54) is 0 Å². The maximum absolute atomic E-state index is 11.9. The predicted octanol–water partition coefficient (Wildman–Crippen LogP) is 1.54. The van der Waals surface area contributed by atoms with Crippen LogP contribution in [0.5, 0.6) is 0 Å². The number of hydrogen-bond acceptors (Lipinski definition) is 3. The Kier molecular flexibility index (Phi) is 5.74. The van der Waals surface area contributed by atoms with Gasteiger partial charge in [0.2, 0.25) is 5.91 Å². The summed E-state index contributed by atoms with van der Waals surface area (Å²) in [6.45, 7) is 5.43. The Hall–Kier alpha value is -1.46. The van der Waals surface area contributed by atoms with Gasteiger partial charge in [-0.3, -0.25) is 9.69 Å². The van der Waals surface area contributed by atoms with Crippen molar-refractivity contribution in [2.24, 2.45) is 5.73 Å². The largest absolute Gasteiger partial charge is 0.392 e. The van der Waals surface area contributed by atoms with E-state index in [0.29, 0.717) is 18.1 Å². The van der Waals surface area contributed by atoms with Gasteiger partial charge >= 0.3 is 0 Å². The summed E-state index contributed by atoms with van der Waals surface area (Å²) in [6.07, 6.45) is 0. The van der Waals surface area contributed by atoms with Gasteiger partial charge in [-0.05, 0) is 25.1 Å². The molecule has 0 aliphatic rings. The summed E-state index contributed by atoms with van der Waals surface area (Å²) >= 11 is 4.85. The van der Waals surface area contributed by atoms with Crippen LogP contribution >= 0.6 is 12.2 Å². The number of anilines is 1. The van der Waals surface area contributed by atoms with Crippen molar-refractivity contribution in [3.63, 3.8) is 0 Å². The number of rotatable bonds is 6. The molecule has 0 radical (unpaired) electrons. The van der Waals surface area contributed by atoms with E-state index in [1.807, 2.05) is 43.0 Å². The smallest absolute Gasteiger partial charge is 0.238 e. The third kappa shape index (κ3) is 4.81. The van der Waals surface area contributed by atoms with E-state index in [0.717, 1.165) is 17.8 Å². The van der Waals surface area contributed by atoms with E-state index >= 15 is 0 Å². The van der Waals surface area contributed by atoms with Gasteiger partial charge in [-0.25, -0.2) is 0 Å². The molecule has 5 heteroatoms. The molecule has 0 bridgehead atoms. The highest BCUT2D eigenvalue weighted by atomic mass is 32.1. The Balaban J connectivity index is 2.55. The maximum atomic E-state index is 11.9. The zero-order valence-corrected chi connectivity index (χ0v) is 11.6. The molecule has 0 aliphatic heterocycles. The fraction of sp³-hybridized carbons (Fsp3) is 0.385. The molecule has 98 valence electrons. The monoisotopic (exact) mass is 265 g/mol. The van der Waals surface area contributed by atoms with Gasteiger partial charge in [-0.2, -0.15) is 0 Å². The Labute approximate surface area is 113 Å². The Morgan fingerprint density at radius 1 is 1.39 bits per heavy atom. The molecule has 1 amide bonds. The summed E-state index contributed by atoms with van der Waals surface area (Å²) in [6, 6.07) is 7.69. The Morgan fingerprint density at radius 3 is 2.61 bits per heavy atom. The highest BCUT2D eigenvalue weighted by molar-refractivity contribution is 7.80. The van der Waals surface area contributed by atoms with Crippen LogP contribution in [0.2, 0.25) is 0 Å². The lowest BCUT2D eigenvalue weighted by Crippen LogP contribution is -2.38. The second-order valence-corrected chi connectivity index (χ2v) is 4.66. The Morgan fingerprint density at radius 2 is 2.06 bits per heavy atom. The van der Waals surface area contributed by atoms with Crippen molar-refractivity contribution in [3.05, 3.63) is 29.8 Å². The normalized spacial score (nSPS) is 10.4. The first kappa shape index (κ1) is 14.6. The molecule has 0 fully saturated rings. The number of nitrogens with one attached hydrogen (secondary N) is 1. The fourth-order valence-electron chi connectivity index (χ4n) is 1.61. The highest BCUT2D eigenvalue weighted by Crippen LogP contribution is 2.12. The van der Waals surface area contributed by atoms with Crippen molar-refractivity contribution in [1.29, 1.82) is 0 Å². The van der Waals surface area contributed by atoms with E-state index in [1.54, 1.807) is 0 Å². The molecule has 18 heavy (non-hydrogen) atoms. The molecule has 0 aliphatic carbocycles. The minimum absolute atomic E-state index is 0.0533. The average molecular weight is 265 g/mol. The zero-order chi connectivity index (χ0) is 13.5. The van der Waals surface area contributed by atoms with Crippen LogP contribution in [0.4, 0.5) is 5.69 Å². The van der Waals surface area contributed by atoms with E-state index in [4.69, 9.17) is 18.0 Å². The minimum Gasteiger partial charge on any atom is -0.392 e. The molecule has 1 aromatic rings. The van der Waals surface area contributed by atoms with Crippen LogP contribution in [-0.4, -0.2) is 35.4 Å². The molecule has 0 saturated heterocycles. The fourth-order valence-corrected chi connectivity index (χ4v) is 1.79. The van der Waals surface area contributed by atoms with E-state index in [9.17, 15) is 4.79 Å². The average Bonchev–Trinajstić information content (AvgIpc) is 2.30. The summed E-state index contributed by atoms with van der Waals surface area (Å²) < 4.78 is 0. The molecule has 0 unspecified atom stereocenters. The van der Waals surface area contributed by atoms with Crippen molar-refractivity contribution in [2.45, 2.75) is 13.8 Å². The molecule has 1 rings (SSSR count). The number of amides is 1. The number of nitrogens with zero attached hydrogens (tertiary/aromatic N) is 1. The molecule has 3 N–H and O–H groups in total. The molecule has 4 nitrogen and oxygen atoms in total. The second-order valence-electron chi connectivity index (χ2n) is 4.13. The lowest BCUT2D eigenvalue weighted by atomic mass is 10.2. The van der Waals surface area contributed by atoms with Gasteiger partial charge in [0.1, 0.15) is 0 Å². The predicted molar refractivity (Wildman–Crippen MR) is 78.7 cm³/mol. The first-order valence-corrected chi connectivity index (χ1v) is 6.30. The summed E-state index contributed by atoms with van der Waals surface area (Å²) in [7, 11) is 0. The van der Waals surface area contributed by atoms with Crippen LogP contribution in [0.1, 0.15) is 12.5 Å². The van der Waals surface area contributed by atoms with E-state index in [-0.39, 0.29) is 5.91 Å². The standard InChI is InChI=1S/C13H19N3OS/c1-3-16(8-12(14)18)9-13(17)15-11-7-5-4-6-10(11)2/h4-7H,3,8-9H2,1-2H3,(H2,14,18)(H,15,17). The minimum atomic E-state index is -0.0533. The summed E-state index contributed by atoms with van der Waals surface area (Å²) in [5.41, 5.74) is 7.37. The van der Waals surface area contributed by atoms with Crippen LogP contribution < -0.4 is 11.1 Å². The highest BCUT2D eigenvalue weighted by Gasteiger charge is 2.10. The second kappa shape index (κ2) is 7.08. The maximum Gasteiger partial charge on any atom is 0.238 e. The molecular formula is C13H19N3OS. The Bertz CT molecular complexity index is 434. The number of nitrogens with two attached hydrogens (primary N) is 1. The first-order valence-electron chi connectivity index (χ1n) is 5.89. The molecule has 1 aromatic carbocycles. The zero-order valence-electron chi connectivity index (χ0n) is 10.8. The summed E-state index contributed by atoms with van der Waals surface area (Å²) in [5, 5.41) is 2.88. The molecule has 0 saturated carbocycles. The van der Waals surface area contributed by atoms with Gasteiger partial charge < -0.3 is 11.1 Å². The lowest BCUT2D eigenvalue weighted by Gasteiger charge is -2.19. The van der Waals surface area contributed by atoms with E-state index in [2.05, 4.69) is 5.32 Å². The van der Waals surface area contributed by atoms with Gasteiger partial charge in [-0.1, -0.05) is 37.3 Å². The topological polar surface area (TPSA) is 58.4 Å². The molecular weight excluding hydrogens is 246 g/mol. The summed E-state index contributed by atoms with van der Waals surface area (Å²) in [5.74, 6) is -0.0533. The van der Waals surface area contributed by atoms with Gasteiger partial charge in [0.25, 0.3) is 0 Å². The van der Waals surface area contributed by atoms with Crippen molar-refractivity contribution in [2.75, 3.05) is 25.0 Å². The number of likely N-dealkylation sites (N-methyl/N-ethyl adjacent to an activating group) is 1. The molecule has 0 spiro atoms. The van der Waals surface area contributed by atoms with Gasteiger partial charge in [0.15, 0.2) is 0 Å². The van der Waals surface area contributed by atoms with Crippen LogP contribution in [0.25, 0.3) is 0 Å². The van der Waals surface area contributed by atoms with Crippen molar-refractivity contribution in [3.8, 4) is 0 Å². The number of hydrogen-bond donors (Lipinski definition) is 2. The van der Waals surface area contributed by atoms with E-state index < -0.39 is 0 Å². The number of carbonyl (C=O) groups excluding carboxylic acids is 1.